The van der Waals surface area contributed by atoms with E-state index >= 15 is 0 Å². The van der Waals surface area contributed by atoms with E-state index in [0.717, 1.165) is 35.3 Å². The van der Waals surface area contributed by atoms with Gasteiger partial charge in [0.2, 0.25) is 0 Å². The molecule has 0 saturated heterocycles. The number of fused-ring (bicyclic) bond motifs is 1. The van der Waals surface area contributed by atoms with Crippen molar-refractivity contribution in [3.8, 4) is 11.5 Å². The van der Waals surface area contributed by atoms with Gasteiger partial charge >= 0.3 is 24.3 Å². The number of hydrogen-bond acceptors (Lipinski definition) is 9. The van der Waals surface area contributed by atoms with Gasteiger partial charge < -0.3 is 36.1 Å². The number of nitrogens with one attached hydrogen (secondary N) is 2. The highest BCUT2D eigenvalue weighted by Gasteiger charge is 2.38. The van der Waals surface area contributed by atoms with Gasteiger partial charge in [-0.3, -0.25) is 9.78 Å². The van der Waals surface area contributed by atoms with Crippen LogP contribution in [0.1, 0.15) is 29.3 Å². The molecule has 12 nitrogen and oxygen atoms in total. The van der Waals surface area contributed by atoms with Gasteiger partial charge in [-0.05, 0) is 42.7 Å². The fraction of sp³-hybridized carbons (Fsp3) is 0.258. The van der Waals surface area contributed by atoms with E-state index in [-0.39, 0.29) is 0 Å². The predicted molar refractivity (Wildman–Crippen MR) is 166 cm³/mol. The van der Waals surface area contributed by atoms with Crippen LogP contribution in [-0.4, -0.2) is 70.6 Å². The van der Waals surface area contributed by atoms with Crippen molar-refractivity contribution in [2.24, 2.45) is 5.73 Å². The van der Waals surface area contributed by atoms with Crippen LogP contribution >= 0.6 is 0 Å². The largest absolute Gasteiger partial charge is 0.493 e. The number of carbonyl (C=O) groups excluding carboxylic acids is 1. The Morgan fingerprint density at radius 3 is 2.04 bits per heavy atom. The number of carboxylic acids is 2. The molecule has 0 saturated carbocycles. The number of benzene rings is 2. The summed E-state index contributed by atoms with van der Waals surface area (Å²) in [4.78, 5) is 38.7. The topological polar surface area (TPSA) is 186 Å². The van der Waals surface area contributed by atoms with E-state index in [4.69, 9.17) is 35.0 Å². The molecule has 0 fully saturated rings. The smallest absolute Gasteiger partial charge is 0.490 e. The number of pyridine rings is 2. The summed E-state index contributed by atoms with van der Waals surface area (Å²) in [5.41, 5.74) is 9.28. The maximum absolute atomic E-state index is 12.3. The minimum atomic E-state index is -5.08. The summed E-state index contributed by atoms with van der Waals surface area (Å²) >= 11 is 0. The molecule has 2 aromatic carbocycles. The van der Waals surface area contributed by atoms with Gasteiger partial charge in [0, 0.05) is 36.1 Å². The first-order valence-electron chi connectivity index (χ1n) is 14.0. The summed E-state index contributed by atoms with van der Waals surface area (Å²) in [6.07, 6.45) is -5.33. The summed E-state index contributed by atoms with van der Waals surface area (Å²) in [6.45, 7) is 3.26. The van der Waals surface area contributed by atoms with Crippen LogP contribution in [0.3, 0.4) is 0 Å². The second-order valence-electron chi connectivity index (χ2n) is 9.52. The zero-order valence-electron chi connectivity index (χ0n) is 25.9. The number of ether oxygens (including phenoxy) is 2. The fourth-order valence-corrected chi connectivity index (χ4v) is 3.82. The summed E-state index contributed by atoms with van der Waals surface area (Å²) in [6, 6.07) is 17.3. The molecule has 0 spiro atoms. The molecule has 0 bridgehead atoms. The Morgan fingerprint density at radius 1 is 0.898 bits per heavy atom. The Balaban J connectivity index is 0.000000500. The number of nitrogens with two attached hydrogens (primary N) is 1. The summed E-state index contributed by atoms with van der Waals surface area (Å²) in [7, 11) is 1.59. The number of hydrogen-bond donors (Lipinski definition) is 5. The highest BCUT2D eigenvalue weighted by Crippen LogP contribution is 2.38. The number of amides is 1. The molecule has 1 amide bonds. The number of carboxylic acid groups (broad SMARTS) is 2. The molecule has 6 N–H and O–H groups in total. The van der Waals surface area contributed by atoms with E-state index in [1.54, 1.807) is 19.4 Å². The number of para-hydroxylation sites is 1. The number of halogens is 6. The molecule has 2 heterocycles. The van der Waals surface area contributed by atoms with Crippen molar-refractivity contribution in [2.75, 3.05) is 30.9 Å². The van der Waals surface area contributed by atoms with E-state index in [2.05, 4.69) is 27.5 Å². The predicted octanol–water partition coefficient (Wildman–Crippen LogP) is 6.19. The Morgan fingerprint density at radius 2 is 1.51 bits per heavy atom. The Hall–Kier alpha value is -5.81. The van der Waals surface area contributed by atoms with E-state index in [9.17, 15) is 31.1 Å². The Labute approximate surface area is 274 Å². The molecule has 0 unspecified atom stereocenters. The number of alkyl halides is 6. The Kier molecular flexibility index (Phi) is 14.4. The van der Waals surface area contributed by atoms with Crippen LogP contribution in [0.15, 0.2) is 67.0 Å². The third-order valence-electron chi connectivity index (χ3n) is 6.11. The molecule has 0 aliphatic carbocycles. The molecule has 0 aliphatic rings. The van der Waals surface area contributed by atoms with Gasteiger partial charge in [-0.2, -0.15) is 26.3 Å². The molecular formula is C31H31F6N5O7. The number of carbonyl (C=O) groups is 3. The van der Waals surface area contributed by atoms with Crippen LogP contribution in [0.25, 0.3) is 10.9 Å². The van der Waals surface area contributed by atoms with Crippen molar-refractivity contribution in [2.45, 2.75) is 32.1 Å². The number of aliphatic carboxylic acids is 2. The number of methoxy groups -OCH3 is 1. The number of primary amides is 1. The normalized spacial score (nSPS) is 10.9. The average Bonchev–Trinajstić information content (AvgIpc) is 3.04. The lowest BCUT2D eigenvalue weighted by Gasteiger charge is -2.18. The van der Waals surface area contributed by atoms with Crippen LogP contribution in [0.2, 0.25) is 0 Å². The number of aryl methyl sites for hydroxylation is 1. The first-order valence-corrected chi connectivity index (χ1v) is 14.0. The van der Waals surface area contributed by atoms with Gasteiger partial charge in [-0.25, -0.2) is 14.6 Å². The maximum Gasteiger partial charge on any atom is 0.490 e. The van der Waals surface area contributed by atoms with Gasteiger partial charge in [0.05, 0.1) is 30.5 Å². The van der Waals surface area contributed by atoms with Crippen LogP contribution in [0.5, 0.6) is 11.5 Å². The third kappa shape index (κ3) is 12.4. The Bertz CT molecular complexity index is 1700. The maximum atomic E-state index is 12.3. The van der Waals surface area contributed by atoms with Crippen molar-refractivity contribution in [3.63, 3.8) is 0 Å². The van der Waals surface area contributed by atoms with Crippen molar-refractivity contribution in [3.05, 3.63) is 78.1 Å². The van der Waals surface area contributed by atoms with E-state index in [0.29, 0.717) is 41.4 Å². The first-order chi connectivity index (χ1) is 23.0. The second kappa shape index (κ2) is 17.9. The number of aromatic nitrogens is 2. The van der Waals surface area contributed by atoms with E-state index in [1.807, 2.05) is 48.5 Å². The molecule has 264 valence electrons. The molecule has 4 aromatic rings. The monoisotopic (exact) mass is 699 g/mol. The lowest BCUT2D eigenvalue weighted by molar-refractivity contribution is -0.193. The van der Waals surface area contributed by atoms with Crippen molar-refractivity contribution < 1.29 is 60.4 Å². The quantitative estimate of drug-likeness (QED) is 0.0888. The van der Waals surface area contributed by atoms with Crippen molar-refractivity contribution >= 4 is 45.9 Å². The molecule has 0 aliphatic heterocycles. The SMILES string of the molecule is CCc1ccccc1Nc1c(C(N)=O)cnc2cc(OC)c(OCCCNc3ccccn3)cc12.O=C(O)C(F)(F)F.O=C(O)C(F)(F)F. The molecule has 18 heteroatoms. The van der Waals surface area contributed by atoms with Gasteiger partial charge in [-0.1, -0.05) is 31.2 Å². The zero-order valence-corrected chi connectivity index (χ0v) is 25.9. The molecule has 49 heavy (non-hydrogen) atoms. The third-order valence-corrected chi connectivity index (χ3v) is 6.11. The number of rotatable bonds is 11. The van der Waals surface area contributed by atoms with Gasteiger partial charge in [0.15, 0.2) is 11.5 Å². The molecule has 0 atom stereocenters. The molecular weight excluding hydrogens is 668 g/mol. The van der Waals surface area contributed by atoms with Crippen LogP contribution < -0.4 is 25.8 Å². The lowest BCUT2D eigenvalue weighted by atomic mass is 10.1. The highest BCUT2D eigenvalue weighted by atomic mass is 19.4. The van der Waals surface area contributed by atoms with Crippen LogP contribution in [0.4, 0.5) is 43.5 Å². The number of anilines is 3. The van der Waals surface area contributed by atoms with Crippen LogP contribution in [-0.2, 0) is 16.0 Å². The fourth-order valence-electron chi connectivity index (χ4n) is 3.82. The van der Waals surface area contributed by atoms with Gasteiger partial charge in [0.1, 0.15) is 5.82 Å². The summed E-state index contributed by atoms with van der Waals surface area (Å²) in [5, 5.41) is 21.7. The van der Waals surface area contributed by atoms with E-state index < -0.39 is 30.2 Å². The minimum Gasteiger partial charge on any atom is -0.493 e. The zero-order chi connectivity index (χ0) is 36.8. The minimum absolute atomic E-state index is 0.305. The second-order valence-corrected chi connectivity index (χ2v) is 9.52. The molecule has 0 radical (unpaired) electrons. The highest BCUT2D eigenvalue weighted by molar-refractivity contribution is 6.08. The first kappa shape index (κ1) is 39.4. The van der Waals surface area contributed by atoms with Crippen LogP contribution in [0, 0.1) is 0 Å². The van der Waals surface area contributed by atoms with Gasteiger partial charge in [0.25, 0.3) is 5.91 Å². The summed E-state index contributed by atoms with van der Waals surface area (Å²) < 4.78 is 75.1. The summed E-state index contributed by atoms with van der Waals surface area (Å²) in [5.74, 6) is -4.12. The van der Waals surface area contributed by atoms with E-state index in [1.165, 1.54) is 6.20 Å². The van der Waals surface area contributed by atoms with Crippen molar-refractivity contribution in [1.29, 1.82) is 0 Å². The molecule has 2 aromatic heterocycles. The lowest BCUT2D eigenvalue weighted by Crippen LogP contribution is -2.21. The average molecular weight is 700 g/mol. The van der Waals surface area contributed by atoms with Crippen molar-refractivity contribution in [1.82, 2.24) is 9.97 Å². The van der Waals surface area contributed by atoms with Gasteiger partial charge in [-0.15, -0.1) is 0 Å². The number of nitrogens with zero attached hydrogens (tertiary/aromatic N) is 2. The molecule has 4 rings (SSSR count). The standard InChI is InChI=1S/C27H29N5O3.2C2HF3O2/c1-3-18-9-4-5-10-21(18)32-26-19-15-24(35-14-8-13-30-25-11-6-7-12-29-25)23(34-2)16-22(19)31-17-20(26)27(28)33;2*3-2(4,5)1(6)7/h4-7,9-12,15-17H,3,8,13-14H2,1-2H3,(H2,28,33)(H,29,30)(H,31,32);2*(H,6,7).